The molecule has 110 valence electrons. The van der Waals surface area contributed by atoms with E-state index in [2.05, 4.69) is 9.88 Å². The fourth-order valence-electron chi connectivity index (χ4n) is 2.42. The second-order valence-corrected chi connectivity index (χ2v) is 5.20. The molecule has 0 bridgehead atoms. The zero-order valence-corrected chi connectivity index (χ0v) is 11.4. The number of aliphatic hydroxyl groups excluding tert-OH is 1. The fourth-order valence-corrected chi connectivity index (χ4v) is 2.42. The number of aromatic nitrogens is 1. The standard InChI is InChI=1S/C14H21N3O3/c15-12(14(19)20)13(18)11-6-4-5-10(16-11)9-17-7-2-1-3-8-17/h4-6,12-13,18H,1-3,7-9,15H2,(H,19,20). The molecule has 2 rings (SSSR count). The number of likely N-dealkylation sites (tertiary alicyclic amines) is 1. The number of nitrogens with two attached hydrogens (primary N) is 1. The van der Waals surface area contributed by atoms with Gasteiger partial charge in [0.05, 0.1) is 11.4 Å². The first-order valence-electron chi connectivity index (χ1n) is 6.92. The molecule has 1 aliphatic heterocycles. The quantitative estimate of drug-likeness (QED) is 0.726. The predicted octanol–water partition coefficient (Wildman–Crippen LogP) is 0.513. The Bertz CT molecular complexity index is 461. The number of nitrogens with zero attached hydrogens (tertiary/aromatic N) is 2. The highest BCUT2D eigenvalue weighted by Gasteiger charge is 2.24. The normalized spacial score (nSPS) is 19.5. The molecule has 20 heavy (non-hydrogen) atoms. The van der Waals surface area contributed by atoms with Gasteiger partial charge in [-0.3, -0.25) is 14.7 Å². The second kappa shape index (κ2) is 6.78. The first-order valence-corrected chi connectivity index (χ1v) is 6.92. The van der Waals surface area contributed by atoms with Crippen LogP contribution in [0.3, 0.4) is 0 Å². The Morgan fingerprint density at radius 2 is 2.05 bits per heavy atom. The van der Waals surface area contributed by atoms with Crippen molar-refractivity contribution in [3.63, 3.8) is 0 Å². The summed E-state index contributed by atoms with van der Waals surface area (Å²) in [6, 6.07) is 3.91. The van der Waals surface area contributed by atoms with Gasteiger partial charge in [0.1, 0.15) is 12.1 Å². The maximum absolute atomic E-state index is 10.8. The lowest BCUT2D eigenvalue weighted by molar-refractivity contribution is -0.141. The fraction of sp³-hybridized carbons (Fsp3) is 0.571. The van der Waals surface area contributed by atoms with E-state index >= 15 is 0 Å². The Kier molecular flexibility index (Phi) is 5.05. The minimum Gasteiger partial charge on any atom is -0.480 e. The van der Waals surface area contributed by atoms with Crippen molar-refractivity contribution in [1.29, 1.82) is 0 Å². The highest BCUT2D eigenvalue weighted by molar-refractivity contribution is 5.74. The van der Waals surface area contributed by atoms with Crippen LogP contribution in [0, 0.1) is 0 Å². The molecule has 0 spiro atoms. The molecular formula is C14H21N3O3. The molecule has 0 aliphatic carbocycles. The molecule has 2 atom stereocenters. The maximum atomic E-state index is 10.8. The van der Waals surface area contributed by atoms with E-state index in [1.165, 1.54) is 19.3 Å². The number of carboxylic acids is 1. The second-order valence-electron chi connectivity index (χ2n) is 5.20. The minimum atomic E-state index is -1.35. The largest absolute Gasteiger partial charge is 0.480 e. The van der Waals surface area contributed by atoms with Crippen LogP contribution in [-0.2, 0) is 11.3 Å². The van der Waals surface area contributed by atoms with E-state index in [1.807, 2.05) is 6.07 Å². The van der Waals surface area contributed by atoms with Crippen LogP contribution in [0.5, 0.6) is 0 Å². The highest BCUT2D eigenvalue weighted by atomic mass is 16.4. The molecule has 1 aromatic heterocycles. The number of carboxylic acid groups (broad SMARTS) is 1. The molecule has 4 N–H and O–H groups in total. The first-order chi connectivity index (χ1) is 9.58. The van der Waals surface area contributed by atoms with Gasteiger partial charge in [0.25, 0.3) is 0 Å². The lowest BCUT2D eigenvalue weighted by Crippen LogP contribution is -2.37. The van der Waals surface area contributed by atoms with E-state index in [0.717, 1.165) is 25.3 Å². The summed E-state index contributed by atoms with van der Waals surface area (Å²) in [6.07, 6.45) is 2.39. The monoisotopic (exact) mass is 279 g/mol. The van der Waals surface area contributed by atoms with Gasteiger partial charge in [-0.1, -0.05) is 12.5 Å². The van der Waals surface area contributed by atoms with Gasteiger partial charge >= 0.3 is 5.97 Å². The molecule has 0 saturated carbocycles. The van der Waals surface area contributed by atoms with Crippen LogP contribution < -0.4 is 5.73 Å². The van der Waals surface area contributed by atoms with E-state index < -0.39 is 18.1 Å². The number of rotatable bonds is 5. The van der Waals surface area contributed by atoms with E-state index in [9.17, 15) is 9.90 Å². The molecule has 1 fully saturated rings. The molecule has 0 amide bonds. The van der Waals surface area contributed by atoms with Gasteiger partial charge in [-0.15, -0.1) is 0 Å². The van der Waals surface area contributed by atoms with Gasteiger partial charge in [-0.05, 0) is 38.1 Å². The van der Waals surface area contributed by atoms with E-state index in [0.29, 0.717) is 5.69 Å². The Balaban J connectivity index is 2.05. The summed E-state index contributed by atoms with van der Waals surface area (Å²) in [5.41, 5.74) is 6.57. The zero-order valence-electron chi connectivity index (χ0n) is 11.4. The van der Waals surface area contributed by atoms with Gasteiger partial charge in [0, 0.05) is 6.54 Å². The number of pyridine rings is 1. The Morgan fingerprint density at radius 1 is 1.35 bits per heavy atom. The number of piperidine rings is 1. The maximum Gasteiger partial charge on any atom is 0.323 e. The average Bonchev–Trinajstić information content (AvgIpc) is 2.47. The van der Waals surface area contributed by atoms with Crippen molar-refractivity contribution in [3.05, 3.63) is 29.6 Å². The zero-order chi connectivity index (χ0) is 14.5. The van der Waals surface area contributed by atoms with Crippen LogP contribution in [0.2, 0.25) is 0 Å². The van der Waals surface area contributed by atoms with Crippen molar-refractivity contribution >= 4 is 5.97 Å². The van der Waals surface area contributed by atoms with Crippen molar-refractivity contribution in [2.24, 2.45) is 5.73 Å². The number of aliphatic hydroxyl groups is 1. The highest BCUT2D eigenvalue weighted by Crippen LogP contribution is 2.16. The lowest BCUT2D eigenvalue weighted by Gasteiger charge is -2.26. The number of carbonyl (C=O) groups is 1. The van der Waals surface area contributed by atoms with Crippen LogP contribution in [0.25, 0.3) is 0 Å². The summed E-state index contributed by atoms with van der Waals surface area (Å²) in [4.78, 5) is 17.4. The van der Waals surface area contributed by atoms with Gasteiger partial charge in [-0.25, -0.2) is 0 Å². The Hall–Kier alpha value is -1.50. The van der Waals surface area contributed by atoms with Gasteiger partial charge in [0.2, 0.25) is 0 Å². The molecule has 1 saturated heterocycles. The van der Waals surface area contributed by atoms with Crippen molar-refractivity contribution in [3.8, 4) is 0 Å². The predicted molar refractivity (Wildman–Crippen MR) is 73.9 cm³/mol. The van der Waals surface area contributed by atoms with Gasteiger partial charge in [-0.2, -0.15) is 0 Å². The Morgan fingerprint density at radius 3 is 2.70 bits per heavy atom. The van der Waals surface area contributed by atoms with Crippen LogP contribution in [0.4, 0.5) is 0 Å². The summed E-state index contributed by atoms with van der Waals surface area (Å²) in [5.74, 6) is -1.24. The van der Waals surface area contributed by atoms with Crippen LogP contribution >= 0.6 is 0 Å². The van der Waals surface area contributed by atoms with Crippen molar-refractivity contribution in [2.75, 3.05) is 13.1 Å². The van der Waals surface area contributed by atoms with Crippen molar-refractivity contribution < 1.29 is 15.0 Å². The van der Waals surface area contributed by atoms with E-state index in [4.69, 9.17) is 10.8 Å². The number of hydrogen-bond acceptors (Lipinski definition) is 5. The van der Waals surface area contributed by atoms with Gasteiger partial charge < -0.3 is 15.9 Å². The van der Waals surface area contributed by atoms with Crippen molar-refractivity contribution in [2.45, 2.75) is 38.0 Å². The summed E-state index contributed by atoms with van der Waals surface area (Å²) in [6.45, 7) is 2.84. The molecule has 0 radical (unpaired) electrons. The molecule has 0 aromatic carbocycles. The van der Waals surface area contributed by atoms with Crippen molar-refractivity contribution in [1.82, 2.24) is 9.88 Å². The van der Waals surface area contributed by atoms with Gasteiger partial charge in [0.15, 0.2) is 0 Å². The average molecular weight is 279 g/mol. The lowest BCUT2D eigenvalue weighted by atomic mass is 10.1. The molecule has 6 nitrogen and oxygen atoms in total. The third-order valence-electron chi connectivity index (χ3n) is 3.59. The summed E-state index contributed by atoms with van der Waals surface area (Å²) < 4.78 is 0. The summed E-state index contributed by atoms with van der Waals surface area (Å²) >= 11 is 0. The smallest absolute Gasteiger partial charge is 0.323 e. The minimum absolute atomic E-state index is 0.314. The number of hydrogen-bond donors (Lipinski definition) is 3. The van der Waals surface area contributed by atoms with Crippen LogP contribution in [0.1, 0.15) is 36.8 Å². The topological polar surface area (TPSA) is 99.7 Å². The summed E-state index contributed by atoms with van der Waals surface area (Å²) in [7, 11) is 0. The number of aliphatic carboxylic acids is 1. The molecule has 2 heterocycles. The molecular weight excluding hydrogens is 258 g/mol. The van der Waals surface area contributed by atoms with Crippen LogP contribution in [-0.4, -0.2) is 45.2 Å². The SMILES string of the molecule is NC(C(=O)O)C(O)c1cccc(CN2CCCCC2)n1. The molecule has 6 heteroatoms. The first kappa shape index (κ1) is 14.9. The molecule has 2 unspecified atom stereocenters. The third kappa shape index (κ3) is 3.75. The van der Waals surface area contributed by atoms with E-state index in [-0.39, 0.29) is 0 Å². The summed E-state index contributed by atoms with van der Waals surface area (Å²) in [5, 5.41) is 18.7. The molecule has 1 aromatic rings. The third-order valence-corrected chi connectivity index (χ3v) is 3.59. The molecule has 1 aliphatic rings. The van der Waals surface area contributed by atoms with E-state index in [1.54, 1.807) is 12.1 Å². The van der Waals surface area contributed by atoms with Crippen LogP contribution in [0.15, 0.2) is 18.2 Å². The Labute approximate surface area is 118 Å².